The second-order valence-electron chi connectivity index (χ2n) is 14.5. The van der Waals surface area contributed by atoms with Gasteiger partial charge in [-0.15, -0.1) is 0 Å². The second-order valence-corrected chi connectivity index (χ2v) is 17.0. The van der Waals surface area contributed by atoms with Crippen molar-refractivity contribution in [3.63, 3.8) is 0 Å². The molecule has 2 aromatic rings. The number of nitrogens with zero attached hydrogens (tertiary/aromatic N) is 2. The molecule has 47 heavy (non-hydrogen) atoms. The van der Waals surface area contributed by atoms with Gasteiger partial charge < -0.3 is 19.6 Å². The van der Waals surface area contributed by atoms with Crippen molar-refractivity contribution in [1.82, 2.24) is 9.62 Å². The molecule has 2 aliphatic heterocycles. The van der Waals surface area contributed by atoms with Gasteiger partial charge in [0.2, 0.25) is 15.9 Å². The van der Waals surface area contributed by atoms with Crippen LogP contribution < -0.4 is 14.4 Å². The van der Waals surface area contributed by atoms with Crippen LogP contribution in [0, 0.1) is 17.8 Å². The maximum absolute atomic E-state index is 13.5. The molecule has 1 spiro atoms. The number of sulfonamides is 1. The van der Waals surface area contributed by atoms with Gasteiger partial charge in [0.05, 0.1) is 29.6 Å². The molecule has 0 radical (unpaired) electrons. The van der Waals surface area contributed by atoms with Gasteiger partial charge in [-0.05, 0) is 105 Å². The van der Waals surface area contributed by atoms with Gasteiger partial charge in [0.15, 0.2) is 0 Å². The molecule has 2 aliphatic carbocycles. The van der Waals surface area contributed by atoms with Gasteiger partial charge in [-0.1, -0.05) is 36.7 Å². The number of aryl methyl sites for hydroxylation is 1. The number of amides is 2. The summed E-state index contributed by atoms with van der Waals surface area (Å²) in [6.45, 7) is 5.03. The van der Waals surface area contributed by atoms with Gasteiger partial charge in [0.25, 0.3) is 5.91 Å². The predicted octanol–water partition coefficient (Wildman–Crippen LogP) is 5.09. The number of fused-ring (bicyclic) bond motifs is 4. The minimum absolute atomic E-state index is 0.0577. The van der Waals surface area contributed by atoms with Crippen molar-refractivity contribution in [2.45, 2.75) is 75.1 Å². The summed E-state index contributed by atoms with van der Waals surface area (Å²) in [6, 6.07) is 11.2. The first-order chi connectivity index (χ1) is 22.2. The Morgan fingerprint density at radius 2 is 1.96 bits per heavy atom. The van der Waals surface area contributed by atoms with Crippen LogP contribution >= 0.6 is 11.6 Å². The molecule has 6 atom stereocenters. The average Bonchev–Trinajstić information content (AvgIpc) is 3.14. The van der Waals surface area contributed by atoms with Crippen molar-refractivity contribution < 1.29 is 27.9 Å². The number of hydrogen-bond donors (Lipinski definition) is 2. The number of hydrogen-bond acceptors (Lipinski definition) is 7. The lowest BCUT2D eigenvalue weighted by Gasteiger charge is -2.49. The van der Waals surface area contributed by atoms with Crippen LogP contribution in [0.4, 0.5) is 5.69 Å². The molecular formula is C36H46ClN3O6S. The molecular weight excluding hydrogens is 638 g/mol. The molecule has 9 nitrogen and oxygen atoms in total. The lowest BCUT2D eigenvalue weighted by atomic mass is 9.63. The molecule has 2 bridgehead atoms. The van der Waals surface area contributed by atoms with Gasteiger partial charge >= 0.3 is 0 Å². The molecule has 4 aliphatic rings. The number of benzene rings is 2. The third-order valence-corrected chi connectivity index (χ3v) is 13.3. The van der Waals surface area contributed by atoms with Crippen molar-refractivity contribution in [3.05, 3.63) is 70.3 Å². The lowest BCUT2D eigenvalue weighted by Crippen LogP contribution is -2.53. The van der Waals surface area contributed by atoms with E-state index in [0.717, 1.165) is 37.8 Å². The van der Waals surface area contributed by atoms with Gasteiger partial charge in [-0.2, -0.15) is 0 Å². The summed E-state index contributed by atoms with van der Waals surface area (Å²) < 4.78 is 35.6. The highest BCUT2D eigenvalue weighted by atomic mass is 35.5. The Morgan fingerprint density at radius 1 is 1.17 bits per heavy atom. The Morgan fingerprint density at radius 3 is 2.68 bits per heavy atom. The highest BCUT2D eigenvalue weighted by molar-refractivity contribution is 7.90. The fourth-order valence-corrected chi connectivity index (χ4v) is 9.44. The summed E-state index contributed by atoms with van der Waals surface area (Å²) in [5.74, 6) is -0.685. The van der Waals surface area contributed by atoms with Crippen LogP contribution in [0.5, 0.6) is 5.75 Å². The third-order valence-electron chi connectivity index (χ3n) is 11.2. The minimum Gasteiger partial charge on any atom is -0.490 e. The van der Waals surface area contributed by atoms with E-state index >= 15 is 0 Å². The summed E-state index contributed by atoms with van der Waals surface area (Å²) in [7, 11) is -0.643. The standard InChI is InChI=1S/C36H46ClN3O6S/c1-23-7-5-16-36(43,19-33(41)39(3)4)30-12-9-27(30)20-40-21-35(15-6-8-25-17-28(37)11-13-29(25)35)22-46-32-14-10-26(18-31(32)40)34(42)38-47(44,45)24(23)2/h5,10-11,13-14,16-18,23-24,27,30,43H,6-9,12,15,19-22H2,1-4H3,(H,38,42)/b16-5-/t23-,24+,27-,30+,35-,36+/m0/s1. The number of nitrogens with one attached hydrogen (secondary N) is 1. The van der Waals surface area contributed by atoms with E-state index in [2.05, 4.69) is 15.7 Å². The number of aliphatic hydroxyl groups is 1. The van der Waals surface area contributed by atoms with Crippen LogP contribution in [-0.2, 0) is 26.7 Å². The van der Waals surface area contributed by atoms with E-state index in [1.54, 1.807) is 45.3 Å². The number of allylic oxidation sites excluding steroid dienone is 1. The molecule has 0 saturated heterocycles. The topological polar surface area (TPSA) is 116 Å². The molecule has 1 saturated carbocycles. The van der Waals surface area contributed by atoms with Crippen LogP contribution in [0.2, 0.25) is 5.02 Å². The Hall–Kier alpha value is -3.08. The molecule has 1 fully saturated rings. The SMILES string of the molecule is C[C@@H]1[C@@H](C)C/C=C\[C@@](O)(CC(=O)N(C)C)[C@@H]2CC[C@H]2CN2C[C@@]3(CCCc4cc(Cl)ccc43)COc3ccc(cc32)C(=O)NS1(=O)=O. The number of ether oxygens (including phenoxy) is 1. The molecule has 254 valence electrons. The van der Waals surface area contributed by atoms with E-state index in [1.807, 2.05) is 25.1 Å². The molecule has 2 N–H and O–H groups in total. The number of halogens is 1. The quantitative estimate of drug-likeness (QED) is 0.424. The first kappa shape index (κ1) is 33.8. The van der Waals surface area contributed by atoms with Crippen molar-refractivity contribution in [2.24, 2.45) is 17.8 Å². The van der Waals surface area contributed by atoms with Gasteiger partial charge in [-0.3, -0.25) is 9.59 Å². The lowest BCUT2D eigenvalue weighted by molar-refractivity contribution is -0.137. The Bertz CT molecular complexity index is 1700. The first-order valence-electron chi connectivity index (χ1n) is 16.7. The van der Waals surface area contributed by atoms with E-state index in [1.165, 1.54) is 16.0 Å². The van der Waals surface area contributed by atoms with Crippen LogP contribution in [0.25, 0.3) is 0 Å². The van der Waals surface area contributed by atoms with Crippen molar-refractivity contribution in [2.75, 3.05) is 38.7 Å². The van der Waals surface area contributed by atoms with Crippen molar-refractivity contribution >= 4 is 39.1 Å². The highest BCUT2D eigenvalue weighted by Gasteiger charge is 2.49. The summed E-state index contributed by atoms with van der Waals surface area (Å²) in [5.41, 5.74) is 1.64. The molecule has 11 heteroatoms. The van der Waals surface area contributed by atoms with Gasteiger partial charge in [0, 0.05) is 43.2 Å². The summed E-state index contributed by atoms with van der Waals surface area (Å²) in [5, 5.41) is 12.1. The molecule has 6 rings (SSSR count). The zero-order valence-electron chi connectivity index (χ0n) is 27.7. The first-order valence-corrected chi connectivity index (χ1v) is 18.6. The predicted molar refractivity (Wildman–Crippen MR) is 183 cm³/mol. The fourth-order valence-electron chi connectivity index (χ4n) is 7.96. The van der Waals surface area contributed by atoms with E-state index in [0.29, 0.717) is 36.9 Å². The van der Waals surface area contributed by atoms with Gasteiger partial charge in [-0.25, -0.2) is 13.1 Å². The van der Waals surface area contributed by atoms with Gasteiger partial charge in [0.1, 0.15) is 5.75 Å². The highest BCUT2D eigenvalue weighted by Crippen LogP contribution is 2.49. The maximum atomic E-state index is 13.5. The number of carbonyl (C=O) groups excluding carboxylic acids is 2. The fraction of sp³-hybridized carbons (Fsp3) is 0.556. The Balaban J connectivity index is 1.45. The van der Waals surface area contributed by atoms with Crippen LogP contribution in [0.15, 0.2) is 48.6 Å². The molecule has 2 aromatic carbocycles. The van der Waals surface area contributed by atoms with Crippen LogP contribution in [0.3, 0.4) is 0 Å². The Kier molecular flexibility index (Phi) is 9.17. The van der Waals surface area contributed by atoms with E-state index in [9.17, 15) is 23.1 Å². The Labute approximate surface area is 283 Å². The molecule has 2 amide bonds. The normalized spacial score (nSPS) is 32.5. The minimum atomic E-state index is -4.02. The summed E-state index contributed by atoms with van der Waals surface area (Å²) in [6.07, 6.45) is 8.31. The number of carbonyl (C=O) groups is 2. The van der Waals surface area contributed by atoms with Crippen molar-refractivity contribution in [1.29, 1.82) is 0 Å². The maximum Gasteiger partial charge on any atom is 0.264 e. The van der Waals surface area contributed by atoms with Crippen molar-refractivity contribution in [3.8, 4) is 5.75 Å². The summed E-state index contributed by atoms with van der Waals surface area (Å²) in [4.78, 5) is 30.3. The largest absolute Gasteiger partial charge is 0.490 e. The van der Waals surface area contributed by atoms with E-state index in [-0.39, 0.29) is 41.1 Å². The monoisotopic (exact) mass is 683 g/mol. The molecule has 0 unspecified atom stereocenters. The smallest absolute Gasteiger partial charge is 0.264 e. The van der Waals surface area contributed by atoms with Crippen LogP contribution in [-0.4, -0.2) is 74.9 Å². The molecule has 0 aromatic heterocycles. The van der Waals surface area contributed by atoms with E-state index < -0.39 is 26.8 Å². The third kappa shape index (κ3) is 6.53. The molecule has 2 heterocycles. The number of rotatable bonds is 2. The average molecular weight is 684 g/mol. The number of anilines is 1. The zero-order chi connectivity index (χ0) is 33.7. The van der Waals surface area contributed by atoms with Crippen LogP contribution in [0.1, 0.15) is 73.9 Å². The summed E-state index contributed by atoms with van der Waals surface area (Å²) >= 11 is 6.42. The second kappa shape index (κ2) is 12.7. The zero-order valence-corrected chi connectivity index (χ0v) is 29.2. The van der Waals surface area contributed by atoms with E-state index in [4.69, 9.17) is 16.3 Å².